The molecule has 1 saturated heterocycles. The first kappa shape index (κ1) is 13.3. The second kappa shape index (κ2) is 5.01. The third kappa shape index (κ3) is 2.47. The van der Waals surface area contributed by atoms with E-state index < -0.39 is 0 Å². The Kier molecular flexibility index (Phi) is 3.33. The lowest BCUT2D eigenvalue weighted by Gasteiger charge is -2.48. The molecule has 1 unspecified atom stereocenters. The van der Waals surface area contributed by atoms with Crippen LogP contribution in [0.1, 0.15) is 37.7 Å². The Hall–Kier alpha value is -1.69. The molecule has 0 aromatic carbocycles. The molecule has 0 radical (unpaired) electrons. The highest BCUT2D eigenvalue weighted by Gasteiger charge is 2.41. The van der Waals surface area contributed by atoms with Crippen LogP contribution in [-0.4, -0.2) is 28.0 Å². The Morgan fingerprint density at radius 2 is 2.35 bits per heavy atom. The number of nitrogens with zero attached hydrogens (tertiary/aromatic N) is 2. The van der Waals surface area contributed by atoms with Crippen LogP contribution in [0, 0.1) is 17.0 Å². The Labute approximate surface area is 118 Å². The SMILES string of the molecule is Cc1cnc(NC2CCNC3(CCC3)C2)c([N+](=O)[O-])c1. The highest BCUT2D eigenvalue weighted by molar-refractivity contribution is 5.57. The van der Waals surface area contributed by atoms with Gasteiger partial charge in [-0.15, -0.1) is 0 Å². The van der Waals surface area contributed by atoms with Crippen molar-refractivity contribution in [2.24, 2.45) is 0 Å². The standard InChI is InChI=1S/C14H20N4O2/c1-10-7-12(18(19)20)13(15-9-10)17-11-3-6-16-14(8-11)4-2-5-14/h7,9,11,16H,2-6,8H2,1H3,(H,15,17). The third-order valence-corrected chi connectivity index (χ3v) is 4.48. The largest absolute Gasteiger partial charge is 0.361 e. The molecule has 1 spiro atoms. The smallest absolute Gasteiger partial charge is 0.311 e. The Balaban J connectivity index is 1.75. The van der Waals surface area contributed by atoms with Gasteiger partial charge in [0, 0.05) is 23.8 Å². The number of nitrogens with one attached hydrogen (secondary N) is 2. The second-order valence-electron chi connectivity index (χ2n) is 6.03. The third-order valence-electron chi connectivity index (χ3n) is 4.48. The lowest BCUT2D eigenvalue weighted by Crippen LogP contribution is -2.58. The maximum absolute atomic E-state index is 11.1. The summed E-state index contributed by atoms with van der Waals surface area (Å²) in [6, 6.07) is 1.85. The van der Waals surface area contributed by atoms with Crippen molar-refractivity contribution in [2.45, 2.75) is 50.6 Å². The molecule has 108 valence electrons. The fourth-order valence-electron chi connectivity index (χ4n) is 3.26. The maximum atomic E-state index is 11.1. The van der Waals surface area contributed by atoms with Crippen LogP contribution in [-0.2, 0) is 0 Å². The number of piperidine rings is 1. The van der Waals surface area contributed by atoms with Crippen LogP contribution in [0.25, 0.3) is 0 Å². The summed E-state index contributed by atoms with van der Waals surface area (Å²) in [6.45, 7) is 2.79. The van der Waals surface area contributed by atoms with Crippen molar-refractivity contribution < 1.29 is 4.92 Å². The van der Waals surface area contributed by atoms with E-state index >= 15 is 0 Å². The highest BCUT2D eigenvalue weighted by Crippen LogP contribution is 2.39. The van der Waals surface area contributed by atoms with Crippen LogP contribution >= 0.6 is 0 Å². The van der Waals surface area contributed by atoms with Crippen molar-refractivity contribution in [2.75, 3.05) is 11.9 Å². The van der Waals surface area contributed by atoms with Gasteiger partial charge in [-0.05, 0) is 51.1 Å². The second-order valence-corrected chi connectivity index (χ2v) is 6.03. The predicted octanol–water partition coefficient (Wildman–Crippen LogP) is 2.38. The minimum absolute atomic E-state index is 0.0752. The number of anilines is 1. The number of hydrogen-bond donors (Lipinski definition) is 2. The molecule has 1 aromatic rings. The Bertz CT molecular complexity index is 528. The summed E-state index contributed by atoms with van der Waals surface area (Å²) in [5.74, 6) is 0.405. The Morgan fingerprint density at radius 3 is 3.00 bits per heavy atom. The van der Waals surface area contributed by atoms with E-state index in [0.29, 0.717) is 5.82 Å². The number of aryl methyl sites for hydroxylation is 1. The van der Waals surface area contributed by atoms with Crippen molar-refractivity contribution in [3.63, 3.8) is 0 Å². The molecule has 0 amide bonds. The normalized spacial score (nSPS) is 24.1. The molecule has 1 aliphatic heterocycles. The van der Waals surface area contributed by atoms with Gasteiger partial charge in [-0.3, -0.25) is 10.1 Å². The topological polar surface area (TPSA) is 80.1 Å². The number of nitro groups is 1. The molecule has 1 saturated carbocycles. The molecule has 2 aliphatic rings. The molecule has 6 heteroatoms. The fraction of sp³-hybridized carbons (Fsp3) is 0.643. The van der Waals surface area contributed by atoms with Crippen molar-refractivity contribution in [3.05, 3.63) is 27.9 Å². The van der Waals surface area contributed by atoms with Gasteiger partial charge >= 0.3 is 5.69 Å². The van der Waals surface area contributed by atoms with Gasteiger partial charge in [0.1, 0.15) is 0 Å². The monoisotopic (exact) mass is 276 g/mol. The Morgan fingerprint density at radius 1 is 1.55 bits per heavy atom. The van der Waals surface area contributed by atoms with E-state index in [0.717, 1.165) is 24.9 Å². The fourth-order valence-corrected chi connectivity index (χ4v) is 3.26. The molecule has 0 bridgehead atoms. The van der Waals surface area contributed by atoms with Gasteiger partial charge in [0.05, 0.1) is 4.92 Å². The van der Waals surface area contributed by atoms with Crippen LogP contribution in [0.3, 0.4) is 0 Å². The van der Waals surface area contributed by atoms with E-state index in [-0.39, 0.29) is 22.2 Å². The molecule has 3 rings (SSSR count). The summed E-state index contributed by atoms with van der Waals surface area (Å²) in [6.07, 6.45) is 7.40. The zero-order valence-electron chi connectivity index (χ0n) is 11.7. The molecule has 2 fully saturated rings. The van der Waals surface area contributed by atoms with Crippen LogP contribution in [0.5, 0.6) is 0 Å². The summed E-state index contributed by atoms with van der Waals surface area (Å²) in [5, 5.41) is 18.0. The van der Waals surface area contributed by atoms with Gasteiger partial charge in [0.25, 0.3) is 0 Å². The lowest BCUT2D eigenvalue weighted by atomic mass is 9.70. The van der Waals surface area contributed by atoms with E-state index in [9.17, 15) is 10.1 Å². The highest BCUT2D eigenvalue weighted by atomic mass is 16.6. The summed E-state index contributed by atoms with van der Waals surface area (Å²) in [7, 11) is 0. The van der Waals surface area contributed by atoms with E-state index in [4.69, 9.17) is 0 Å². The molecular formula is C14H20N4O2. The first-order valence-electron chi connectivity index (χ1n) is 7.21. The minimum atomic E-state index is -0.359. The zero-order valence-corrected chi connectivity index (χ0v) is 11.7. The van der Waals surface area contributed by atoms with Crippen LogP contribution in [0.2, 0.25) is 0 Å². The summed E-state index contributed by atoms with van der Waals surface area (Å²) in [4.78, 5) is 15.0. The molecule has 1 aliphatic carbocycles. The van der Waals surface area contributed by atoms with Gasteiger partial charge in [-0.1, -0.05) is 0 Å². The molecule has 1 atom stereocenters. The molecular weight excluding hydrogens is 256 g/mol. The van der Waals surface area contributed by atoms with Gasteiger partial charge < -0.3 is 10.6 Å². The van der Waals surface area contributed by atoms with Gasteiger partial charge in [-0.2, -0.15) is 0 Å². The van der Waals surface area contributed by atoms with Crippen molar-refractivity contribution in [1.82, 2.24) is 10.3 Å². The minimum Gasteiger partial charge on any atom is -0.361 e. The lowest BCUT2D eigenvalue weighted by molar-refractivity contribution is -0.384. The molecule has 2 N–H and O–H groups in total. The zero-order chi connectivity index (χ0) is 14.2. The van der Waals surface area contributed by atoms with Gasteiger partial charge in [0.15, 0.2) is 0 Å². The number of hydrogen-bond acceptors (Lipinski definition) is 5. The van der Waals surface area contributed by atoms with Crippen molar-refractivity contribution in [1.29, 1.82) is 0 Å². The van der Waals surface area contributed by atoms with Crippen molar-refractivity contribution in [3.8, 4) is 0 Å². The summed E-state index contributed by atoms with van der Waals surface area (Å²) in [5.41, 5.74) is 1.16. The summed E-state index contributed by atoms with van der Waals surface area (Å²) < 4.78 is 0. The maximum Gasteiger partial charge on any atom is 0.311 e. The number of rotatable bonds is 3. The first-order chi connectivity index (χ1) is 9.58. The average molecular weight is 276 g/mol. The molecule has 6 nitrogen and oxygen atoms in total. The molecule has 1 aromatic heterocycles. The van der Waals surface area contributed by atoms with Crippen molar-refractivity contribution >= 4 is 11.5 Å². The van der Waals surface area contributed by atoms with E-state index in [1.165, 1.54) is 19.3 Å². The average Bonchev–Trinajstić information content (AvgIpc) is 2.39. The van der Waals surface area contributed by atoms with Crippen LogP contribution < -0.4 is 10.6 Å². The van der Waals surface area contributed by atoms with E-state index in [1.807, 2.05) is 6.92 Å². The van der Waals surface area contributed by atoms with E-state index in [1.54, 1.807) is 12.3 Å². The van der Waals surface area contributed by atoms with E-state index in [2.05, 4.69) is 15.6 Å². The van der Waals surface area contributed by atoms with Gasteiger partial charge in [0.2, 0.25) is 5.82 Å². The van der Waals surface area contributed by atoms with Crippen LogP contribution in [0.15, 0.2) is 12.3 Å². The molecule has 2 heterocycles. The van der Waals surface area contributed by atoms with Gasteiger partial charge in [-0.25, -0.2) is 4.98 Å². The number of aromatic nitrogens is 1. The molecule has 20 heavy (non-hydrogen) atoms. The summed E-state index contributed by atoms with van der Waals surface area (Å²) >= 11 is 0. The first-order valence-corrected chi connectivity index (χ1v) is 7.21. The van der Waals surface area contributed by atoms with Crippen LogP contribution in [0.4, 0.5) is 11.5 Å². The quantitative estimate of drug-likeness (QED) is 0.654. The number of pyridine rings is 1. The predicted molar refractivity (Wildman–Crippen MR) is 76.9 cm³/mol.